The molecular formula is C16H26BrNS. The van der Waals surface area contributed by atoms with Crippen molar-refractivity contribution in [1.29, 1.82) is 0 Å². The lowest BCUT2D eigenvalue weighted by atomic mass is 9.76. The van der Waals surface area contributed by atoms with Crippen LogP contribution < -0.4 is 5.32 Å². The predicted octanol–water partition coefficient (Wildman–Crippen LogP) is 5.39. The van der Waals surface area contributed by atoms with Crippen molar-refractivity contribution in [2.75, 3.05) is 6.54 Å². The molecule has 19 heavy (non-hydrogen) atoms. The van der Waals surface area contributed by atoms with Gasteiger partial charge in [0.05, 0.1) is 0 Å². The second kappa shape index (κ2) is 7.24. The summed E-state index contributed by atoms with van der Waals surface area (Å²) in [5, 5.41) is 5.98. The molecule has 1 unspecified atom stereocenters. The minimum atomic E-state index is 0.450. The zero-order chi connectivity index (χ0) is 13.7. The number of nitrogens with one attached hydrogen (secondary N) is 1. The summed E-state index contributed by atoms with van der Waals surface area (Å²) in [6.45, 7) is 5.86. The Balaban J connectivity index is 2.03. The van der Waals surface area contributed by atoms with Gasteiger partial charge >= 0.3 is 0 Å². The molecule has 0 amide bonds. The molecule has 0 spiro atoms. The van der Waals surface area contributed by atoms with Gasteiger partial charge in [-0.05, 0) is 64.9 Å². The monoisotopic (exact) mass is 343 g/mol. The van der Waals surface area contributed by atoms with Gasteiger partial charge in [-0.3, -0.25) is 0 Å². The number of hydrogen-bond donors (Lipinski definition) is 1. The molecule has 1 saturated carbocycles. The van der Waals surface area contributed by atoms with E-state index in [0.717, 1.165) is 6.04 Å². The molecule has 1 nitrogen and oxygen atoms in total. The van der Waals surface area contributed by atoms with E-state index in [1.165, 1.54) is 60.8 Å². The lowest BCUT2D eigenvalue weighted by Crippen LogP contribution is -2.36. The van der Waals surface area contributed by atoms with E-state index in [1.54, 1.807) is 0 Å². The van der Waals surface area contributed by atoms with Gasteiger partial charge in [-0.15, -0.1) is 11.3 Å². The largest absolute Gasteiger partial charge is 0.313 e. The Morgan fingerprint density at radius 2 is 2.21 bits per heavy atom. The molecule has 1 heterocycles. The van der Waals surface area contributed by atoms with Crippen molar-refractivity contribution in [3.8, 4) is 0 Å². The highest BCUT2D eigenvalue weighted by molar-refractivity contribution is 9.10. The third kappa shape index (κ3) is 4.57. The molecule has 0 bridgehead atoms. The van der Waals surface area contributed by atoms with Crippen molar-refractivity contribution in [3.63, 3.8) is 0 Å². The molecule has 1 atom stereocenters. The van der Waals surface area contributed by atoms with Crippen molar-refractivity contribution in [2.45, 2.75) is 64.8 Å². The first-order chi connectivity index (χ1) is 9.19. The van der Waals surface area contributed by atoms with Crippen molar-refractivity contribution in [2.24, 2.45) is 5.41 Å². The van der Waals surface area contributed by atoms with Gasteiger partial charge in [-0.1, -0.05) is 26.7 Å². The second-order valence-electron chi connectivity index (χ2n) is 5.98. The zero-order valence-corrected chi connectivity index (χ0v) is 14.6. The standard InChI is InChI=1S/C16H26BrNS/c1-3-5-9-16(4-2,12-18-13-6-7-13)11-15-14(17)8-10-19-15/h8,10,13,18H,3-7,9,11-12H2,1-2H3. The van der Waals surface area contributed by atoms with E-state index in [-0.39, 0.29) is 0 Å². The van der Waals surface area contributed by atoms with Crippen LogP contribution in [-0.2, 0) is 6.42 Å². The van der Waals surface area contributed by atoms with E-state index in [1.807, 2.05) is 11.3 Å². The van der Waals surface area contributed by atoms with Crippen molar-refractivity contribution in [3.05, 3.63) is 20.8 Å². The zero-order valence-electron chi connectivity index (χ0n) is 12.2. The lowest BCUT2D eigenvalue weighted by Gasteiger charge is -2.33. The van der Waals surface area contributed by atoms with E-state index in [0.29, 0.717) is 5.41 Å². The Kier molecular flexibility index (Phi) is 5.91. The van der Waals surface area contributed by atoms with Gasteiger partial charge < -0.3 is 5.32 Å². The van der Waals surface area contributed by atoms with Crippen LogP contribution in [-0.4, -0.2) is 12.6 Å². The first-order valence-corrected chi connectivity index (χ1v) is 9.31. The molecule has 1 aliphatic carbocycles. The maximum atomic E-state index is 3.78. The smallest absolute Gasteiger partial charge is 0.0314 e. The highest BCUT2D eigenvalue weighted by atomic mass is 79.9. The van der Waals surface area contributed by atoms with Crippen LogP contribution in [0.3, 0.4) is 0 Å². The van der Waals surface area contributed by atoms with Gasteiger partial charge in [0.2, 0.25) is 0 Å². The third-order valence-electron chi connectivity index (χ3n) is 4.38. The molecule has 0 aromatic carbocycles. The summed E-state index contributed by atoms with van der Waals surface area (Å²) >= 11 is 5.60. The normalized spacial score (nSPS) is 18.5. The summed E-state index contributed by atoms with van der Waals surface area (Å²) in [6.07, 6.45) is 9.27. The highest BCUT2D eigenvalue weighted by Crippen LogP contribution is 2.37. The average Bonchev–Trinajstić information content (AvgIpc) is 3.17. The summed E-state index contributed by atoms with van der Waals surface area (Å²) in [5.74, 6) is 0. The minimum Gasteiger partial charge on any atom is -0.313 e. The number of rotatable bonds is 9. The van der Waals surface area contributed by atoms with Gasteiger partial charge in [-0.2, -0.15) is 0 Å². The SMILES string of the molecule is CCCCC(CC)(CNC1CC1)Cc1sccc1Br. The van der Waals surface area contributed by atoms with Gasteiger partial charge in [-0.25, -0.2) is 0 Å². The molecular weight excluding hydrogens is 318 g/mol. The Morgan fingerprint density at radius 1 is 1.42 bits per heavy atom. The second-order valence-corrected chi connectivity index (χ2v) is 7.84. The van der Waals surface area contributed by atoms with Gasteiger partial charge in [0.15, 0.2) is 0 Å². The van der Waals surface area contributed by atoms with Crippen LogP contribution in [0.15, 0.2) is 15.9 Å². The minimum absolute atomic E-state index is 0.450. The molecule has 1 aromatic heterocycles. The maximum absolute atomic E-state index is 3.78. The predicted molar refractivity (Wildman–Crippen MR) is 89.0 cm³/mol. The van der Waals surface area contributed by atoms with Crippen LogP contribution in [0.4, 0.5) is 0 Å². The Morgan fingerprint density at radius 3 is 2.74 bits per heavy atom. The van der Waals surface area contributed by atoms with Gasteiger partial charge in [0.25, 0.3) is 0 Å². The summed E-state index contributed by atoms with van der Waals surface area (Å²) in [6, 6.07) is 3.01. The molecule has 2 rings (SSSR count). The Bertz CT molecular complexity index is 386. The van der Waals surface area contributed by atoms with E-state index in [4.69, 9.17) is 0 Å². The first kappa shape index (κ1) is 15.5. The maximum Gasteiger partial charge on any atom is 0.0314 e. The van der Waals surface area contributed by atoms with Crippen molar-refractivity contribution in [1.82, 2.24) is 5.32 Å². The van der Waals surface area contributed by atoms with Crippen molar-refractivity contribution >= 4 is 27.3 Å². The summed E-state index contributed by atoms with van der Waals surface area (Å²) in [7, 11) is 0. The van der Waals surface area contributed by atoms with Crippen LogP contribution in [0.1, 0.15) is 57.2 Å². The van der Waals surface area contributed by atoms with Crippen LogP contribution in [0.5, 0.6) is 0 Å². The molecule has 0 saturated heterocycles. The Labute approximate surface area is 130 Å². The van der Waals surface area contributed by atoms with E-state index in [9.17, 15) is 0 Å². The number of hydrogen-bond acceptors (Lipinski definition) is 2. The van der Waals surface area contributed by atoms with E-state index >= 15 is 0 Å². The third-order valence-corrected chi connectivity index (χ3v) is 6.31. The van der Waals surface area contributed by atoms with E-state index < -0.39 is 0 Å². The van der Waals surface area contributed by atoms with Crippen LogP contribution >= 0.6 is 27.3 Å². The molecule has 1 N–H and O–H groups in total. The summed E-state index contributed by atoms with van der Waals surface area (Å²) in [5.41, 5.74) is 0.450. The molecule has 1 fully saturated rings. The highest BCUT2D eigenvalue weighted by Gasteiger charge is 2.31. The molecule has 1 aliphatic rings. The molecule has 0 aliphatic heterocycles. The van der Waals surface area contributed by atoms with Gasteiger partial charge in [0, 0.05) is 21.9 Å². The molecule has 1 aromatic rings. The first-order valence-electron chi connectivity index (χ1n) is 7.64. The topological polar surface area (TPSA) is 12.0 Å². The molecule has 108 valence electrons. The van der Waals surface area contributed by atoms with Crippen molar-refractivity contribution < 1.29 is 0 Å². The number of halogens is 1. The fourth-order valence-corrected chi connectivity index (χ4v) is 4.32. The molecule has 3 heteroatoms. The Hall–Kier alpha value is 0.140. The average molecular weight is 344 g/mol. The quantitative estimate of drug-likeness (QED) is 0.633. The summed E-state index contributed by atoms with van der Waals surface area (Å²) in [4.78, 5) is 1.52. The van der Waals surface area contributed by atoms with Crippen LogP contribution in [0, 0.1) is 5.41 Å². The fourth-order valence-electron chi connectivity index (χ4n) is 2.66. The number of thiophene rings is 1. The summed E-state index contributed by atoms with van der Waals surface area (Å²) < 4.78 is 1.30. The van der Waals surface area contributed by atoms with E-state index in [2.05, 4.69) is 46.5 Å². The van der Waals surface area contributed by atoms with Crippen LogP contribution in [0.2, 0.25) is 0 Å². The van der Waals surface area contributed by atoms with Gasteiger partial charge in [0.1, 0.15) is 0 Å². The number of unbranched alkanes of at least 4 members (excludes halogenated alkanes) is 1. The molecule has 0 radical (unpaired) electrons. The van der Waals surface area contributed by atoms with Crippen LogP contribution in [0.25, 0.3) is 0 Å². The fraction of sp³-hybridized carbons (Fsp3) is 0.750. The lowest BCUT2D eigenvalue weighted by molar-refractivity contribution is 0.229.